The number of phenols is 1. The smallest absolute Gasteiger partial charge is 0.266 e. The quantitative estimate of drug-likeness (QED) is 0.657. The van der Waals surface area contributed by atoms with Gasteiger partial charge in [-0.25, -0.2) is 17.2 Å². The van der Waals surface area contributed by atoms with Crippen molar-refractivity contribution in [3.05, 3.63) is 47.0 Å². The number of benzene rings is 2. The molecular formula is C13H10ClF2NO4S. The minimum Gasteiger partial charge on any atom is -0.504 e. The van der Waals surface area contributed by atoms with E-state index >= 15 is 0 Å². The van der Waals surface area contributed by atoms with E-state index in [4.69, 9.17) is 16.3 Å². The van der Waals surface area contributed by atoms with Crippen LogP contribution < -0.4 is 9.46 Å². The van der Waals surface area contributed by atoms with Crippen LogP contribution in [0.2, 0.25) is 5.02 Å². The van der Waals surface area contributed by atoms with Crippen molar-refractivity contribution in [1.29, 1.82) is 0 Å². The summed E-state index contributed by atoms with van der Waals surface area (Å²) >= 11 is 5.65. The fraction of sp³-hybridized carbons (Fsp3) is 0.0769. The molecule has 0 saturated heterocycles. The van der Waals surface area contributed by atoms with Crippen LogP contribution in [0.25, 0.3) is 0 Å². The summed E-state index contributed by atoms with van der Waals surface area (Å²) in [7, 11) is -3.19. The highest BCUT2D eigenvalue weighted by Gasteiger charge is 2.26. The van der Waals surface area contributed by atoms with Gasteiger partial charge in [0.15, 0.2) is 23.1 Å². The number of sulfonamides is 1. The molecule has 0 aromatic heterocycles. The van der Waals surface area contributed by atoms with Crippen LogP contribution in [-0.2, 0) is 10.0 Å². The minimum absolute atomic E-state index is 0.00557. The Hall–Kier alpha value is -2.06. The molecule has 5 nitrogen and oxygen atoms in total. The van der Waals surface area contributed by atoms with E-state index in [2.05, 4.69) is 0 Å². The molecule has 9 heteroatoms. The number of rotatable bonds is 4. The van der Waals surface area contributed by atoms with E-state index in [1.54, 1.807) is 0 Å². The molecule has 22 heavy (non-hydrogen) atoms. The zero-order valence-corrected chi connectivity index (χ0v) is 12.7. The van der Waals surface area contributed by atoms with Gasteiger partial charge < -0.3 is 9.84 Å². The molecule has 0 heterocycles. The topological polar surface area (TPSA) is 75.6 Å². The predicted octanol–water partition coefficient (Wildman–Crippen LogP) is 3.13. The Morgan fingerprint density at radius 3 is 2.55 bits per heavy atom. The maximum atomic E-state index is 13.7. The number of hydrogen-bond acceptors (Lipinski definition) is 4. The predicted molar refractivity (Wildman–Crippen MR) is 76.8 cm³/mol. The molecule has 0 unspecified atom stereocenters. The van der Waals surface area contributed by atoms with Gasteiger partial charge in [0.2, 0.25) is 0 Å². The van der Waals surface area contributed by atoms with Gasteiger partial charge in [-0.2, -0.15) is 0 Å². The van der Waals surface area contributed by atoms with Gasteiger partial charge in [0.05, 0.1) is 17.8 Å². The Kier molecular flexibility index (Phi) is 4.43. The van der Waals surface area contributed by atoms with E-state index in [1.165, 1.54) is 25.3 Å². The van der Waals surface area contributed by atoms with E-state index in [0.717, 1.165) is 12.1 Å². The molecule has 0 amide bonds. The highest BCUT2D eigenvalue weighted by Crippen LogP contribution is 2.32. The number of aromatic hydroxyl groups is 1. The number of anilines is 1. The maximum absolute atomic E-state index is 13.7. The lowest BCUT2D eigenvalue weighted by Crippen LogP contribution is -2.16. The van der Waals surface area contributed by atoms with Crippen molar-refractivity contribution in [2.75, 3.05) is 11.8 Å². The summed E-state index contributed by atoms with van der Waals surface area (Å²) in [4.78, 5) is -0.999. The second-order valence-electron chi connectivity index (χ2n) is 4.16. The molecule has 0 spiro atoms. The Labute approximate surface area is 130 Å². The van der Waals surface area contributed by atoms with Gasteiger partial charge >= 0.3 is 0 Å². The summed E-state index contributed by atoms with van der Waals surface area (Å²) in [6, 6.07) is 5.24. The maximum Gasteiger partial charge on any atom is 0.266 e. The summed E-state index contributed by atoms with van der Waals surface area (Å²) in [5.41, 5.74) is -0.0191. The third-order valence-electron chi connectivity index (χ3n) is 2.70. The van der Waals surface area contributed by atoms with Crippen molar-refractivity contribution in [3.63, 3.8) is 0 Å². The van der Waals surface area contributed by atoms with Crippen LogP contribution in [0.3, 0.4) is 0 Å². The first kappa shape index (κ1) is 16.3. The van der Waals surface area contributed by atoms with Crippen LogP contribution in [0.1, 0.15) is 0 Å². The van der Waals surface area contributed by atoms with Crippen molar-refractivity contribution in [1.82, 2.24) is 0 Å². The largest absolute Gasteiger partial charge is 0.504 e. The van der Waals surface area contributed by atoms with Crippen molar-refractivity contribution in [2.24, 2.45) is 0 Å². The van der Waals surface area contributed by atoms with Gasteiger partial charge in [0, 0.05) is 6.07 Å². The normalized spacial score (nSPS) is 11.3. The van der Waals surface area contributed by atoms with E-state index in [-0.39, 0.29) is 17.2 Å². The molecule has 2 aromatic rings. The van der Waals surface area contributed by atoms with E-state index in [9.17, 15) is 22.3 Å². The lowest BCUT2D eigenvalue weighted by molar-refractivity contribution is 0.374. The van der Waals surface area contributed by atoms with Gasteiger partial charge in [-0.3, -0.25) is 4.72 Å². The summed E-state index contributed by atoms with van der Waals surface area (Å²) in [5, 5.41) is 8.98. The molecule has 0 radical (unpaired) electrons. The molecule has 2 aromatic carbocycles. The second kappa shape index (κ2) is 5.98. The van der Waals surface area contributed by atoms with Gasteiger partial charge in [0.1, 0.15) is 4.90 Å². The lowest BCUT2D eigenvalue weighted by Gasteiger charge is -2.12. The zero-order chi connectivity index (χ0) is 16.5. The highest BCUT2D eigenvalue weighted by molar-refractivity contribution is 7.92. The van der Waals surface area contributed by atoms with E-state index in [0.29, 0.717) is 0 Å². The fourth-order valence-corrected chi connectivity index (χ4v) is 3.35. The number of halogens is 3. The average Bonchev–Trinajstić information content (AvgIpc) is 2.45. The Morgan fingerprint density at radius 1 is 1.23 bits per heavy atom. The molecule has 0 aliphatic carbocycles. The van der Waals surface area contributed by atoms with Crippen LogP contribution >= 0.6 is 11.6 Å². The fourth-order valence-electron chi connectivity index (χ4n) is 1.70. The molecule has 0 saturated carbocycles. The number of nitrogens with one attached hydrogen (secondary N) is 1. The molecule has 0 bridgehead atoms. The summed E-state index contributed by atoms with van der Waals surface area (Å²) in [6.45, 7) is 0. The SMILES string of the molecule is COc1cc(NS(=O)(=O)c2c(Cl)ccc(F)c2F)ccc1O. The third kappa shape index (κ3) is 3.07. The number of phenolic OH excluding ortho intramolecular Hbond substituents is 1. The first-order chi connectivity index (χ1) is 10.3. The van der Waals surface area contributed by atoms with E-state index in [1.807, 2.05) is 4.72 Å². The molecule has 0 aliphatic heterocycles. The highest BCUT2D eigenvalue weighted by atomic mass is 35.5. The Balaban J connectivity index is 2.47. The standard InChI is InChI=1S/C13H10ClF2NO4S/c1-21-11-6-7(2-5-10(11)18)17-22(19,20)13-8(14)3-4-9(15)12(13)16/h2-6,17-18H,1H3. The molecule has 118 valence electrons. The number of methoxy groups -OCH3 is 1. The van der Waals surface area contributed by atoms with Crippen LogP contribution in [0, 0.1) is 11.6 Å². The second-order valence-corrected chi connectivity index (χ2v) is 6.19. The summed E-state index contributed by atoms with van der Waals surface area (Å²) < 4.78 is 58.2. The molecule has 0 atom stereocenters. The first-order valence-electron chi connectivity index (χ1n) is 5.79. The van der Waals surface area contributed by atoms with Gasteiger partial charge in [-0.1, -0.05) is 11.6 Å². The van der Waals surface area contributed by atoms with E-state index < -0.39 is 31.6 Å². The van der Waals surface area contributed by atoms with Crippen molar-refractivity contribution in [3.8, 4) is 11.5 Å². The zero-order valence-electron chi connectivity index (χ0n) is 11.1. The molecule has 2 rings (SSSR count). The van der Waals surface area contributed by atoms with Crippen LogP contribution in [0.4, 0.5) is 14.5 Å². The van der Waals surface area contributed by atoms with Crippen LogP contribution in [0.15, 0.2) is 35.2 Å². The molecule has 0 fully saturated rings. The molecular weight excluding hydrogens is 340 g/mol. The minimum atomic E-state index is -4.47. The molecule has 2 N–H and O–H groups in total. The van der Waals surface area contributed by atoms with Crippen molar-refractivity contribution in [2.45, 2.75) is 4.90 Å². The van der Waals surface area contributed by atoms with Gasteiger partial charge in [-0.05, 0) is 24.3 Å². The third-order valence-corrected chi connectivity index (χ3v) is 4.57. The monoisotopic (exact) mass is 349 g/mol. The van der Waals surface area contributed by atoms with Crippen LogP contribution in [0.5, 0.6) is 11.5 Å². The Morgan fingerprint density at radius 2 is 1.91 bits per heavy atom. The van der Waals surface area contributed by atoms with Gasteiger partial charge in [0.25, 0.3) is 10.0 Å². The lowest BCUT2D eigenvalue weighted by atomic mass is 10.3. The number of ether oxygens (including phenoxy) is 1. The Bertz CT molecular complexity index is 827. The average molecular weight is 350 g/mol. The van der Waals surface area contributed by atoms with Crippen LogP contribution in [-0.4, -0.2) is 20.6 Å². The number of hydrogen-bond donors (Lipinski definition) is 2. The van der Waals surface area contributed by atoms with Crippen molar-refractivity contribution >= 4 is 27.3 Å². The summed E-state index contributed by atoms with van der Waals surface area (Å²) in [5.74, 6) is -3.12. The first-order valence-corrected chi connectivity index (χ1v) is 7.65. The van der Waals surface area contributed by atoms with Crippen molar-refractivity contribution < 1.29 is 27.0 Å². The van der Waals surface area contributed by atoms with Gasteiger partial charge in [-0.15, -0.1) is 0 Å². The summed E-state index contributed by atoms with van der Waals surface area (Å²) in [6.07, 6.45) is 0. The molecule has 0 aliphatic rings.